The van der Waals surface area contributed by atoms with Crippen LogP contribution < -0.4 is 0 Å². The van der Waals surface area contributed by atoms with Crippen molar-refractivity contribution in [2.75, 3.05) is 6.61 Å². The van der Waals surface area contributed by atoms with Crippen LogP contribution in [0, 0.1) is 0 Å². The molecule has 3 rings (SSSR count). The fraction of sp³-hybridized carbons (Fsp3) is 0.136. The lowest BCUT2D eigenvalue weighted by Crippen LogP contribution is -2.36. The quantitative estimate of drug-likeness (QED) is 0.547. The van der Waals surface area contributed by atoms with Crippen molar-refractivity contribution in [3.05, 3.63) is 101 Å². The van der Waals surface area contributed by atoms with Crippen LogP contribution in [0.1, 0.15) is 27.5 Å². The van der Waals surface area contributed by atoms with Crippen LogP contribution in [-0.2, 0) is 16.6 Å². The molecule has 0 aliphatic carbocycles. The molecule has 2 N–H and O–H groups in total. The highest BCUT2D eigenvalue weighted by atomic mass is 35.5. The SMILES string of the molecule is O=C(O)c1ccc(CN([C@H](CO)c2ccccc2)S(=O)(=O)c2ccc(Cl)cc2)cc1. The first kappa shape index (κ1) is 22.0. The van der Waals surface area contributed by atoms with E-state index in [9.17, 15) is 18.3 Å². The van der Waals surface area contributed by atoms with E-state index in [4.69, 9.17) is 16.7 Å². The zero-order valence-corrected chi connectivity index (χ0v) is 17.4. The molecule has 0 aliphatic rings. The summed E-state index contributed by atoms with van der Waals surface area (Å²) in [7, 11) is -4.00. The highest BCUT2D eigenvalue weighted by Gasteiger charge is 2.32. The second-order valence-electron chi connectivity index (χ2n) is 6.62. The van der Waals surface area contributed by atoms with Crippen molar-refractivity contribution in [1.82, 2.24) is 4.31 Å². The van der Waals surface area contributed by atoms with E-state index in [0.717, 1.165) is 0 Å². The Kier molecular flexibility index (Phi) is 6.89. The highest BCUT2D eigenvalue weighted by molar-refractivity contribution is 7.89. The highest BCUT2D eigenvalue weighted by Crippen LogP contribution is 2.30. The Bertz CT molecular complexity index is 1100. The van der Waals surface area contributed by atoms with E-state index in [0.29, 0.717) is 16.1 Å². The largest absolute Gasteiger partial charge is 0.478 e. The summed E-state index contributed by atoms with van der Waals surface area (Å²) in [6.07, 6.45) is 0. The number of rotatable bonds is 8. The molecule has 0 spiro atoms. The molecule has 6 nitrogen and oxygen atoms in total. The van der Waals surface area contributed by atoms with Gasteiger partial charge in [-0.25, -0.2) is 13.2 Å². The number of hydrogen-bond donors (Lipinski definition) is 2. The Morgan fingerprint density at radius 2 is 1.53 bits per heavy atom. The maximum absolute atomic E-state index is 13.5. The van der Waals surface area contributed by atoms with Gasteiger partial charge in [-0.1, -0.05) is 54.1 Å². The number of benzene rings is 3. The van der Waals surface area contributed by atoms with Crippen LogP contribution >= 0.6 is 11.6 Å². The number of carboxylic acids is 1. The molecule has 0 fully saturated rings. The van der Waals surface area contributed by atoms with E-state index in [2.05, 4.69) is 0 Å². The molecule has 156 valence electrons. The fourth-order valence-corrected chi connectivity index (χ4v) is 4.79. The summed E-state index contributed by atoms with van der Waals surface area (Å²) in [5.41, 5.74) is 1.33. The van der Waals surface area contributed by atoms with Crippen molar-refractivity contribution < 1.29 is 23.4 Å². The van der Waals surface area contributed by atoms with E-state index in [1.54, 1.807) is 42.5 Å². The molecule has 0 heterocycles. The Hall–Kier alpha value is -2.71. The third-order valence-corrected chi connectivity index (χ3v) is 6.79. The van der Waals surface area contributed by atoms with Gasteiger partial charge in [0.2, 0.25) is 10.0 Å². The van der Waals surface area contributed by atoms with E-state index in [1.807, 2.05) is 0 Å². The van der Waals surface area contributed by atoms with Crippen LogP contribution in [0.2, 0.25) is 5.02 Å². The normalized spacial score (nSPS) is 12.6. The number of nitrogens with zero attached hydrogens (tertiary/aromatic N) is 1. The van der Waals surface area contributed by atoms with Gasteiger partial charge >= 0.3 is 5.97 Å². The lowest BCUT2D eigenvalue weighted by atomic mass is 10.1. The van der Waals surface area contributed by atoms with Crippen LogP contribution in [0.25, 0.3) is 0 Å². The van der Waals surface area contributed by atoms with Crippen molar-refractivity contribution >= 4 is 27.6 Å². The number of aromatic carboxylic acids is 1. The molecule has 1 atom stereocenters. The molecule has 0 unspecified atom stereocenters. The Balaban J connectivity index is 2.05. The smallest absolute Gasteiger partial charge is 0.335 e. The summed E-state index contributed by atoms with van der Waals surface area (Å²) in [5, 5.41) is 19.6. The predicted octanol–water partition coefficient (Wildman–Crippen LogP) is 3.96. The molecular weight excluding hydrogens is 426 g/mol. The number of carbonyl (C=O) groups is 1. The van der Waals surface area contributed by atoms with Gasteiger partial charge in [0.1, 0.15) is 0 Å². The van der Waals surface area contributed by atoms with Crippen molar-refractivity contribution in [2.24, 2.45) is 0 Å². The van der Waals surface area contributed by atoms with Gasteiger partial charge in [0.25, 0.3) is 0 Å². The van der Waals surface area contributed by atoms with Gasteiger partial charge < -0.3 is 10.2 Å². The van der Waals surface area contributed by atoms with Gasteiger partial charge in [-0.15, -0.1) is 0 Å². The molecule has 0 saturated carbocycles. The minimum absolute atomic E-state index is 0.0448. The summed E-state index contributed by atoms with van der Waals surface area (Å²) in [6, 6.07) is 19.8. The Morgan fingerprint density at radius 3 is 2.07 bits per heavy atom. The van der Waals surface area contributed by atoms with Gasteiger partial charge in [-0.2, -0.15) is 4.31 Å². The molecule has 0 aromatic heterocycles. The lowest BCUT2D eigenvalue weighted by Gasteiger charge is -2.30. The van der Waals surface area contributed by atoms with Crippen molar-refractivity contribution in [3.8, 4) is 0 Å². The van der Waals surface area contributed by atoms with Gasteiger partial charge in [0.05, 0.1) is 23.1 Å². The third kappa shape index (κ3) is 4.88. The van der Waals surface area contributed by atoms with Gasteiger partial charge in [-0.05, 0) is 47.5 Å². The summed E-state index contributed by atoms with van der Waals surface area (Å²) < 4.78 is 28.2. The standard InChI is InChI=1S/C22H20ClNO5S/c23-19-10-12-20(13-11-19)30(28,29)24(21(15-25)17-4-2-1-3-5-17)14-16-6-8-18(9-7-16)22(26)27/h1-13,21,25H,14-15H2,(H,26,27)/t21-/m1/s1. The molecule has 0 saturated heterocycles. The van der Waals surface area contributed by atoms with Crippen molar-refractivity contribution in [2.45, 2.75) is 17.5 Å². The summed E-state index contributed by atoms with van der Waals surface area (Å²) in [6.45, 7) is -0.477. The molecule has 0 aliphatic heterocycles. The molecule has 0 bridgehead atoms. The summed E-state index contributed by atoms with van der Waals surface area (Å²) in [4.78, 5) is 11.1. The maximum Gasteiger partial charge on any atom is 0.335 e. The van der Waals surface area contributed by atoms with Crippen molar-refractivity contribution in [1.29, 1.82) is 0 Å². The first-order valence-corrected chi connectivity index (χ1v) is 10.9. The minimum atomic E-state index is -4.00. The average Bonchev–Trinajstić information content (AvgIpc) is 2.75. The Morgan fingerprint density at radius 1 is 0.933 bits per heavy atom. The molecule has 8 heteroatoms. The van der Waals surface area contributed by atoms with Crippen molar-refractivity contribution in [3.63, 3.8) is 0 Å². The fourth-order valence-electron chi connectivity index (χ4n) is 3.08. The molecule has 0 radical (unpaired) electrons. The molecule has 3 aromatic rings. The van der Waals surface area contributed by atoms with Gasteiger partial charge in [-0.3, -0.25) is 0 Å². The zero-order valence-electron chi connectivity index (χ0n) is 15.8. The first-order valence-electron chi connectivity index (χ1n) is 9.08. The van der Waals surface area contributed by atoms with Gasteiger partial charge in [0, 0.05) is 11.6 Å². The number of hydrogen-bond acceptors (Lipinski definition) is 4. The number of carboxylic acid groups (broad SMARTS) is 1. The monoisotopic (exact) mass is 445 g/mol. The number of halogens is 1. The zero-order chi connectivity index (χ0) is 21.7. The molecule has 3 aromatic carbocycles. The summed E-state index contributed by atoms with van der Waals surface area (Å²) >= 11 is 5.90. The van der Waals surface area contributed by atoms with Crippen LogP contribution in [0.3, 0.4) is 0 Å². The van der Waals surface area contributed by atoms with E-state index in [-0.39, 0.29) is 17.0 Å². The minimum Gasteiger partial charge on any atom is -0.478 e. The second kappa shape index (κ2) is 9.40. The molecular formula is C22H20ClNO5S. The number of aliphatic hydroxyl groups excluding tert-OH is 1. The average molecular weight is 446 g/mol. The van der Waals surface area contributed by atoms with E-state index < -0.39 is 28.6 Å². The number of sulfonamides is 1. The Labute approximate surface area is 180 Å². The topological polar surface area (TPSA) is 94.9 Å². The molecule has 30 heavy (non-hydrogen) atoms. The third-order valence-electron chi connectivity index (χ3n) is 4.66. The predicted molar refractivity (Wildman–Crippen MR) is 114 cm³/mol. The lowest BCUT2D eigenvalue weighted by molar-refractivity contribution is 0.0697. The van der Waals surface area contributed by atoms with E-state index in [1.165, 1.54) is 40.7 Å². The van der Waals surface area contributed by atoms with Crippen LogP contribution in [0.5, 0.6) is 0 Å². The summed E-state index contributed by atoms with van der Waals surface area (Å²) in [5.74, 6) is -1.07. The maximum atomic E-state index is 13.5. The van der Waals surface area contributed by atoms with Crippen LogP contribution in [0.15, 0.2) is 83.8 Å². The van der Waals surface area contributed by atoms with Gasteiger partial charge in [0.15, 0.2) is 0 Å². The number of aliphatic hydroxyl groups is 1. The van der Waals surface area contributed by atoms with Crippen LogP contribution in [-0.4, -0.2) is 35.5 Å². The van der Waals surface area contributed by atoms with Crippen LogP contribution in [0.4, 0.5) is 0 Å². The van der Waals surface area contributed by atoms with E-state index >= 15 is 0 Å². The second-order valence-corrected chi connectivity index (χ2v) is 8.94. The first-order chi connectivity index (χ1) is 14.3. The molecule has 0 amide bonds.